The van der Waals surface area contributed by atoms with E-state index in [-0.39, 0.29) is 12.1 Å². The van der Waals surface area contributed by atoms with E-state index in [1.165, 1.54) is 24.3 Å². The van der Waals surface area contributed by atoms with Crippen LogP contribution in [0.1, 0.15) is 26.3 Å². The molecule has 3 N–H and O–H groups in total. The molecule has 0 fully saturated rings. The molecule has 0 heterocycles. The number of hydrogen-bond donors (Lipinski definition) is 3. The number of carboxylic acid groups (broad SMARTS) is 1. The monoisotopic (exact) mass is 340 g/mol. The first-order valence-corrected chi connectivity index (χ1v) is 7.13. The number of benzene rings is 1. The van der Waals surface area contributed by atoms with Crippen molar-refractivity contribution in [1.82, 2.24) is 5.32 Å². The number of aliphatic hydroxyl groups is 1. The number of nitro groups is 1. The maximum Gasteiger partial charge on any atom is 0.407 e. The molecule has 0 saturated carbocycles. The van der Waals surface area contributed by atoms with E-state index in [9.17, 15) is 24.8 Å². The van der Waals surface area contributed by atoms with Crippen molar-refractivity contribution in [2.24, 2.45) is 0 Å². The third kappa shape index (κ3) is 6.21. The molecule has 0 bridgehead atoms. The van der Waals surface area contributed by atoms with Crippen molar-refractivity contribution in [2.45, 2.75) is 44.9 Å². The Morgan fingerprint density at radius 2 is 1.83 bits per heavy atom. The molecule has 0 radical (unpaired) electrons. The number of amides is 1. The summed E-state index contributed by atoms with van der Waals surface area (Å²) in [7, 11) is 0. The van der Waals surface area contributed by atoms with Gasteiger partial charge in [0, 0.05) is 12.1 Å². The highest BCUT2D eigenvalue weighted by atomic mass is 16.6. The largest absolute Gasteiger partial charge is 0.479 e. The van der Waals surface area contributed by atoms with E-state index in [4.69, 9.17) is 9.84 Å². The van der Waals surface area contributed by atoms with Crippen molar-refractivity contribution in [3.05, 3.63) is 39.9 Å². The Kier molecular flexibility index (Phi) is 6.24. The third-order valence-electron chi connectivity index (χ3n) is 2.94. The van der Waals surface area contributed by atoms with Crippen LogP contribution in [0, 0.1) is 10.1 Å². The van der Waals surface area contributed by atoms with Gasteiger partial charge in [0.1, 0.15) is 5.60 Å². The van der Waals surface area contributed by atoms with Gasteiger partial charge in [-0.2, -0.15) is 0 Å². The van der Waals surface area contributed by atoms with Crippen molar-refractivity contribution < 1.29 is 29.5 Å². The highest BCUT2D eigenvalue weighted by Gasteiger charge is 2.29. The Bertz CT molecular complexity index is 607. The van der Waals surface area contributed by atoms with Crippen LogP contribution in [-0.4, -0.2) is 44.9 Å². The van der Waals surface area contributed by atoms with E-state index in [2.05, 4.69) is 5.32 Å². The summed E-state index contributed by atoms with van der Waals surface area (Å²) in [4.78, 5) is 32.9. The topological polar surface area (TPSA) is 139 Å². The van der Waals surface area contributed by atoms with Gasteiger partial charge in [0.2, 0.25) is 0 Å². The predicted molar refractivity (Wildman–Crippen MR) is 83.6 cm³/mol. The van der Waals surface area contributed by atoms with E-state index in [0.717, 1.165) is 0 Å². The fourth-order valence-electron chi connectivity index (χ4n) is 1.88. The standard InChI is InChI=1S/C15H20N2O7/c1-15(2,3)24-14(21)16-11(12(18)13(19)20)8-9-4-6-10(7-5-9)17(22)23/h4-7,11-12,18H,8H2,1-3H3,(H,16,21)(H,19,20). The quantitative estimate of drug-likeness (QED) is 0.526. The van der Waals surface area contributed by atoms with E-state index in [1.807, 2.05) is 0 Å². The molecule has 0 spiro atoms. The molecule has 2 atom stereocenters. The number of aliphatic carboxylic acids is 1. The summed E-state index contributed by atoms with van der Waals surface area (Å²) < 4.78 is 5.04. The number of carbonyl (C=O) groups excluding carboxylic acids is 1. The molecule has 0 aliphatic heterocycles. The first-order valence-electron chi connectivity index (χ1n) is 7.13. The lowest BCUT2D eigenvalue weighted by Crippen LogP contribution is -2.49. The van der Waals surface area contributed by atoms with E-state index < -0.39 is 34.7 Å². The molecule has 0 saturated heterocycles. The Hall–Kier alpha value is -2.68. The predicted octanol–water partition coefficient (Wildman–Crippen LogP) is 1.48. The van der Waals surface area contributed by atoms with Gasteiger partial charge in [0.15, 0.2) is 6.10 Å². The van der Waals surface area contributed by atoms with Gasteiger partial charge in [0.05, 0.1) is 11.0 Å². The van der Waals surface area contributed by atoms with Crippen LogP contribution < -0.4 is 5.32 Å². The second-order valence-electron chi connectivity index (χ2n) is 6.16. The van der Waals surface area contributed by atoms with E-state index in [0.29, 0.717) is 5.56 Å². The first kappa shape index (κ1) is 19.4. The van der Waals surface area contributed by atoms with Crippen LogP contribution in [0.15, 0.2) is 24.3 Å². The molecule has 0 aliphatic carbocycles. The Morgan fingerprint density at radius 1 is 1.29 bits per heavy atom. The molecule has 0 aliphatic rings. The smallest absolute Gasteiger partial charge is 0.407 e. The highest BCUT2D eigenvalue weighted by molar-refractivity contribution is 5.75. The van der Waals surface area contributed by atoms with Crippen LogP contribution in [0.4, 0.5) is 10.5 Å². The second kappa shape index (κ2) is 7.73. The Balaban J connectivity index is 2.88. The number of nitrogens with one attached hydrogen (secondary N) is 1. The van der Waals surface area contributed by atoms with Gasteiger partial charge in [-0.1, -0.05) is 12.1 Å². The molecule has 2 unspecified atom stereocenters. The van der Waals surface area contributed by atoms with Gasteiger partial charge in [-0.15, -0.1) is 0 Å². The summed E-state index contributed by atoms with van der Waals surface area (Å²) in [5, 5.41) is 31.7. The number of aliphatic hydroxyl groups excluding tert-OH is 1. The van der Waals surface area contributed by atoms with Gasteiger partial charge in [-0.05, 0) is 32.8 Å². The van der Waals surface area contributed by atoms with Gasteiger partial charge in [-0.3, -0.25) is 10.1 Å². The summed E-state index contributed by atoms with van der Waals surface area (Å²) in [6, 6.07) is 4.21. The van der Waals surface area contributed by atoms with Crippen molar-refractivity contribution in [3.8, 4) is 0 Å². The van der Waals surface area contributed by atoms with Gasteiger partial charge >= 0.3 is 12.1 Å². The summed E-state index contributed by atoms with van der Waals surface area (Å²) in [5.41, 5.74) is -0.382. The van der Waals surface area contributed by atoms with Gasteiger partial charge in [-0.25, -0.2) is 9.59 Å². The molecular weight excluding hydrogens is 320 g/mol. The molecule has 1 rings (SSSR count). The zero-order valence-corrected chi connectivity index (χ0v) is 13.6. The van der Waals surface area contributed by atoms with Crippen molar-refractivity contribution in [1.29, 1.82) is 0 Å². The molecule has 1 amide bonds. The zero-order chi connectivity index (χ0) is 18.5. The lowest BCUT2D eigenvalue weighted by atomic mass is 10.0. The van der Waals surface area contributed by atoms with Crippen molar-refractivity contribution in [2.75, 3.05) is 0 Å². The fourth-order valence-corrected chi connectivity index (χ4v) is 1.88. The minimum atomic E-state index is -1.85. The van der Waals surface area contributed by atoms with Crippen LogP contribution in [-0.2, 0) is 16.0 Å². The zero-order valence-electron chi connectivity index (χ0n) is 13.6. The van der Waals surface area contributed by atoms with E-state index in [1.54, 1.807) is 20.8 Å². The summed E-state index contributed by atoms with van der Waals surface area (Å²) in [6.45, 7) is 4.93. The molecule has 9 nitrogen and oxygen atoms in total. The lowest BCUT2D eigenvalue weighted by Gasteiger charge is -2.25. The maximum atomic E-state index is 11.8. The molecule has 24 heavy (non-hydrogen) atoms. The van der Waals surface area contributed by atoms with Crippen molar-refractivity contribution in [3.63, 3.8) is 0 Å². The van der Waals surface area contributed by atoms with Crippen LogP contribution in [0.2, 0.25) is 0 Å². The molecule has 0 aromatic heterocycles. The first-order chi connectivity index (χ1) is 11.0. The van der Waals surface area contributed by atoms with Crippen LogP contribution >= 0.6 is 0 Å². The SMILES string of the molecule is CC(C)(C)OC(=O)NC(Cc1ccc([N+](=O)[O-])cc1)C(O)C(=O)O. The summed E-state index contributed by atoms with van der Waals surface area (Å²) in [5.74, 6) is -1.50. The molecule has 132 valence electrons. The molecule has 9 heteroatoms. The number of hydrogen-bond acceptors (Lipinski definition) is 6. The Morgan fingerprint density at radius 3 is 2.25 bits per heavy atom. The molecule has 1 aromatic rings. The van der Waals surface area contributed by atoms with E-state index >= 15 is 0 Å². The summed E-state index contributed by atoms with van der Waals surface area (Å²) in [6.07, 6.45) is -2.76. The second-order valence-corrected chi connectivity index (χ2v) is 6.16. The van der Waals surface area contributed by atoms with Gasteiger partial charge < -0.3 is 20.3 Å². The normalized spacial score (nSPS) is 13.7. The van der Waals surface area contributed by atoms with Crippen LogP contribution in [0.5, 0.6) is 0 Å². The fraction of sp³-hybridized carbons (Fsp3) is 0.467. The third-order valence-corrected chi connectivity index (χ3v) is 2.94. The minimum Gasteiger partial charge on any atom is -0.479 e. The number of rotatable bonds is 6. The molecule has 1 aromatic carbocycles. The average Bonchev–Trinajstić information content (AvgIpc) is 2.44. The number of non-ortho nitro benzene ring substituents is 1. The highest BCUT2D eigenvalue weighted by Crippen LogP contribution is 2.15. The minimum absolute atomic E-state index is 0.0370. The number of carboxylic acids is 1. The van der Waals surface area contributed by atoms with Gasteiger partial charge in [0.25, 0.3) is 5.69 Å². The molecular formula is C15H20N2O7. The number of carbonyl (C=O) groups is 2. The Labute approximate surface area is 138 Å². The number of alkyl carbamates (subject to hydrolysis) is 1. The van der Waals surface area contributed by atoms with Crippen LogP contribution in [0.25, 0.3) is 0 Å². The van der Waals surface area contributed by atoms with Crippen molar-refractivity contribution >= 4 is 17.7 Å². The van der Waals surface area contributed by atoms with Crippen LogP contribution in [0.3, 0.4) is 0 Å². The number of nitro benzene ring substituents is 1. The number of nitrogens with zero attached hydrogens (tertiary/aromatic N) is 1. The summed E-state index contributed by atoms with van der Waals surface area (Å²) >= 11 is 0. The average molecular weight is 340 g/mol. The maximum absolute atomic E-state index is 11.8. The lowest BCUT2D eigenvalue weighted by molar-refractivity contribution is -0.384. The number of ether oxygens (including phenoxy) is 1.